The average Bonchev–Trinajstić information content (AvgIpc) is 3.17. The first-order valence-corrected chi connectivity index (χ1v) is 14.2. The van der Waals surface area contributed by atoms with Gasteiger partial charge in [0.2, 0.25) is 5.69 Å². The Bertz CT molecular complexity index is 1110. The smallest absolute Gasteiger partial charge is 0.202 e. The summed E-state index contributed by atoms with van der Waals surface area (Å²) in [6.07, 6.45) is 17.3. The van der Waals surface area contributed by atoms with Crippen LogP contribution >= 0.6 is 0 Å². The van der Waals surface area contributed by atoms with Crippen molar-refractivity contribution in [2.75, 3.05) is 6.61 Å². The van der Waals surface area contributed by atoms with Gasteiger partial charge < -0.3 is 26.3 Å². The molecule has 2 aliphatic rings. The molecule has 0 amide bonds. The number of aryl methyl sites for hydroxylation is 2. The first kappa shape index (κ1) is 26.5. The highest BCUT2D eigenvalue weighted by Crippen LogP contribution is 2.35. The molecule has 5 rings (SSSR count). The molecular weight excluding hydrogens is 496 g/mol. The van der Waals surface area contributed by atoms with Crippen LogP contribution in [0.15, 0.2) is 30.5 Å². The molecule has 0 radical (unpaired) electrons. The molecule has 2 aromatic heterocycles. The monoisotopic (exact) mass is 540 g/mol. The summed E-state index contributed by atoms with van der Waals surface area (Å²) in [6, 6.07) is 9.25. The van der Waals surface area contributed by atoms with E-state index in [0.717, 1.165) is 43.2 Å². The average molecular weight is 542 g/mol. The molecule has 0 saturated heterocycles. The minimum absolute atomic E-state index is 0. The molecule has 0 N–H and O–H groups in total. The van der Waals surface area contributed by atoms with Crippen molar-refractivity contribution in [3.63, 3.8) is 0 Å². The van der Waals surface area contributed by atoms with Gasteiger partial charge in [0, 0.05) is 42.8 Å². The van der Waals surface area contributed by atoms with Gasteiger partial charge in [-0.05, 0) is 55.6 Å². The van der Waals surface area contributed by atoms with Crippen molar-refractivity contribution in [2.24, 2.45) is 17.8 Å². The molecule has 0 spiro atoms. The van der Waals surface area contributed by atoms with E-state index in [1.165, 1.54) is 98.1 Å². The van der Waals surface area contributed by atoms with Crippen LogP contribution in [-0.2, 0) is 13.1 Å². The predicted octanol–water partition coefficient (Wildman–Crippen LogP) is 4.98. The molecule has 0 bridgehead atoms. The van der Waals surface area contributed by atoms with Gasteiger partial charge in [-0.15, -0.1) is 0 Å². The van der Waals surface area contributed by atoms with Crippen LogP contribution in [0.5, 0.6) is 5.75 Å². The van der Waals surface area contributed by atoms with Crippen molar-refractivity contribution in [1.29, 1.82) is 0 Å². The number of ether oxygens (including phenoxy) is 1. The maximum absolute atomic E-state index is 6.39. The zero-order valence-corrected chi connectivity index (χ0v) is 23.8. The van der Waals surface area contributed by atoms with Gasteiger partial charge in [-0.25, -0.2) is 4.57 Å². The highest BCUT2D eigenvalue weighted by atomic mass is 79.9. The summed E-state index contributed by atoms with van der Waals surface area (Å²) in [4.78, 5) is 0. The lowest BCUT2D eigenvalue weighted by Gasteiger charge is -2.23. The van der Waals surface area contributed by atoms with Crippen LogP contribution in [0.2, 0.25) is 0 Å². The standard InChI is InChI=1S/C31H45N2O.BrH/c1-23(2)16-18-32-19-17-29-28-15-14-27(34-22-26-12-8-5-9-13-26)20-30(28)33(31(29)24(32)3)21-25-10-6-4-7-11-25;/h14-15,17,19-20,23,25-26H,4-13,16,18,21-22H2,1-3H3;1H/q+1;/p-1. The molecule has 35 heavy (non-hydrogen) atoms. The van der Waals surface area contributed by atoms with Crippen molar-refractivity contribution in [3.05, 3.63) is 36.2 Å². The number of hydrogen-bond donors (Lipinski definition) is 0. The molecule has 2 aliphatic carbocycles. The normalized spacial score (nSPS) is 17.8. The minimum Gasteiger partial charge on any atom is -1.00 e. The Hall–Kier alpha value is -1.55. The second-order valence-electron chi connectivity index (χ2n) is 11.6. The lowest BCUT2D eigenvalue weighted by molar-refractivity contribution is -0.702. The Labute approximate surface area is 223 Å². The van der Waals surface area contributed by atoms with E-state index in [1.54, 1.807) is 0 Å². The van der Waals surface area contributed by atoms with Gasteiger partial charge in [-0.1, -0.05) is 52.4 Å². The van der Waals surface area contributed by atoms with Crippen molar-refractivity contribution in [2.45, 2.75) is 104 Å². The molecule has 0 unspecified atom stereocenters. The topological polar surface area (TPSA) is 18.0 Å². The van der Waals surface area contributed by atoms with E-state index in [0.29, 0.717) is 0 Å². The zero-order chi connectivity index (χ0) is 23.5. The van der Waals surface area contributed by atoms with Gasteiger partial charge >= 0.3 is 0 Å². The van der Waals surface area contributed by atoms with Crippen LogP contribution in [0.3, 0.4) is 0 Å². The van der Waals surface area contributed by atoms with E-state index in [4.69, 9.17) is 4.74 Å². The zero-order valence-electron chi connectivity index (χ0n) is 22.2. The molecular formula is C31H45BrN2O. The number of aromatic nitrogens is 2. The van der Waals surface area contributed by atoms with E-state index >= 15 is 0 Å². The second-order valence-corrected chi connectivity index (χ2v) is 11.6. The van der Waals surface area contributed by atoms with E-state index in [1.807, 2.05) is 0 Å². The summed E-state index contributed by atoms with van der Waals surface area (Å²) in [5.41, 5.74) is 4.22. The third-order valence-electron chi connectivity index (χ3n) is 8.59. The number of hydrogen-bond acceptors (Lipinski definition) is 1. The van der Waals surface area contributed by atoms with Gasteiger partial charge in [-0.2, -0.15) is 0 Å². The third kappa shape index (κ3) is 6.06. The Kier molecular flexibility index (Phi) is 9.18. The molecule has 2 heterocycles. The van der Waals surface area contributed by atoms with Crippen molar-refractivity contribution in [1.82, 2.24) is 4.57 Å². The molecule has 1 aromatic carbocycles. The largest absolute Gasteiger partial charge is 1.00 e. The Morgan fingerprint density at radius 3 is 2.29 bits per heavy atom. The number of nitrogens with zero attached hydrogens (tertiary/aromatic N) is 2. The highest BCUT2D eigenvalue weighted by Gasteiger charge is 2.23. The van der Waals surface area contributed by atoms with Crippen molar-refractivity contribution in [3.8, 4) is 5.75 Å². The Morgan fingerprint density at radius 1 is 0.914 bits per heavy atom. The van der Waals surface area contributed by atoms with E-state index in [9.17, 15) is 0 Å². The van der Waals surface area contributed by atoms with E-state index < -0.39 is 0 Å². The number of rotatable bonds is 8. The fourth-order valence-electron chi connectivity index (χ4n) is 6.44. The third-order valence-corrected chi connectivity index (χ3v) is 8.59. The van der Waals surface area contributed by atoms with E-state index in [-0.39, 0.29) is 17.0 Å². The van der Waals surface area contributed by atoms with E-state index in [2.05, 4.69) is 60.4 Å². The lowest BCUT2D eigenvalue weighted by Crippen LogP contribution is -3.00. The summed E-state index contributed by atoms with van der Waals surface area (Å²) in [5.74, 6) is 3.30. The number of pyridine rings is 1. The summed E-state index contributed by atoms with van der Waals surface area (Å²) in [6.45, 7) is 10.1. The van der Waals surface area contributed by atoms with Crippen LogP contribution in [0, 0.1) is 24.7 Å². The molecule has 2 fully saturated rings. The molecule has 3 aromatic rings. The lowest BCUT2D eigenvalue weighted by atomic mass is 9.89. The fraction of sp³-hybridized carbons (Fsp3) is 0.645. The van der Waals surface area contributed by atoms with Gasteiger partial charge in [0.25, 0.3) is 0 Å². The SMILES string of the molecule is Cc1c2c(cc[n+]1CCC(C)C)c1ccc(OCC3CCCCC3)cc1n2CC1CCCCC1.[Br-]. The maximum atomic E-state index is 6.39. The van der Waals surface area contributed by atoms with Crippen LogP contribution in [-0.4, -0.2) is 11.2 Å². The number of halogens is 1. The summed E-state index contributed by atoms with van der Waals surface area (Å²) in [7, 11) is 0. The number of fused-ring (bicyclic) bond motifs is 3. The van der Waals surface area contributed by atoms with Gasteiger partial charge in [0.15, 0.2) is 6.20 Å². The van der Waals surface area contributed by atoms with Gasteiger partial charge in [-0.3, -0.25) is 0 Å². The molecule has 192 valence electrons. The molecule has 3 nitrogen and oxygen atoms in total. The Morgan fingerprint density at radius 2 is 1.60 bits per heavy atom. The first-order valence-electron chi connectivity index (χ1n) is 14.2. The number of benzene rings is 1. The van der Waals surface area contributed by atoms with Crippen LogP contribution in [0.1, 0.15) is 90.2 Å². The van der Waals surface area contributed by atoms with Gasteiger partial charge in [0.05, 0.1) is 12.1 Å². The summed E-state index contributed by atoms with van der Waals surface area (Å²) in [5, 5.41) is 2.79. The highest BCUT2D eigenvalue weighted by molar-refractivity contribution is 6.08. The quantitative estimate of drug-likeness (QED) is 0.368. The predicted molar refractivity (Wildman–Crippen MR) is 142 cm³/mol. The van der Waals surface area contributed by atoms with Crippen molar-refractivity contribution < 1.29 is 26.3 Å². The van der Waals surface area contributed by atoms with Crippen LogP contribution in [0.4, 0.5) is 0 Å². The molecule has 4 heteroatoms. The first-order chi connectivity index (χ1) is 16.6. The molecule has 2 saturated carbocycles. The maximum Gasteiger partial charge on any atom is 0.202 e. The molecule has 0 atom stereocenters. The summed E-state index contributed by atoms with van der Waals surface area (Å²) >= 11 is 0. The second kappa shape index (κ2) is 12.1. The van der Waals surface area contributed by atoms with Crippen molar-refractivity contribution >= 4 is 21.8 Å². The Balaban J connectivity index is 0.00000289. The van der Waals surface area contributed by atoms with Gasteiger partial charge in [0.1, 0.15) is 17.8 Å². The van der Waals surface area contributed by atoms with Crippen LogP contribution in [0.25, 0.3) is 21.8 Å². The van der Waals surface area contributed by atoms with Crippen LogP contribution < -0.4 is 26.3 Å². The minimum atomic E-state index is 0. The summed E-state index contributed by atoms with van der Waals surface area (Å²) < 4.78 is 11.5. The fourth-order valence-corrected chi connectivity index (χ4v) is 6.44. The molecule has 0 aliphatic heterocycles.